The van der Waals surface area contributed by atoms with E-state index in [9.17, 15) is 66.9 Å². The second-order valence-corrected chi connectivity index (χ2v) is 26.2. The number of phenols is 1. The van der Waals surface area contributed by atoms with Gasteiger partial charge in [0, 0.05) is 114 Å². The van der Waals surface area contributed by atoms with Crippen molar-refractivity contribution in [2.24, 2.45) is 11.5 Å². The maximum atomic E-state index is 15.0. The highest BCUT2D eigenvalue weighted by Gasteiger charge is 2.36. The van der Waals surface area contributed by atoms with Crippen LogP contribution in [0.1, 0.15) is 84.9 Å². The molecule has 0 radical (unpaired) electrons. The minimum atomic E-state index is -2.02. The van der Waals surface area contributed by atoms with Crippen molar-refractivity contribution in [3.63, 3.8) is 0 Å². The summed E-state index contributed by atoms with van der Waals surface area (Å²) in [7, 11) is 0. The van der Waals surface area contributed by atoms with Crippen LogP contribution in [0.25, 0.3) is 21.8 Å². The molecular formula is C68H81F2N15O13S2. The van der Waals surface area contributed by atoms with Crippen molar-refractivity contribution in [1.82, 2.24) is 67.8 Å². The van der Waals surface area contributed by atoms with Gasteiger partial charge < -0.3 is 84.5 Å². The molecule has 1 aliphatic rings. The Morgan fingerprint density at radius 3 is 1.73 bits per heavy atom. The number of hydrogen-bond acceptors (Lipinski definition) is 16. The third-order valence-electron chi connectivity index (χ3n) is 16.3. The van der Waals surface area contributed by atoms with E-state index in [1.165, 1.54) is 109 Å². The number of nitrogens with zero attached hydrogens (tertiary/aromatic N) is 1. The summed E-state index contributed by atoms with van der Waals surface area (Å²) in [5.74, 6) is -9.91. The van der Waals surface area contributed by atoms with E-state index in [1.54, 1.807) is 0 Å². The SMILES string of the molecule is NCCCC[C@@H]1NC(=O)CCSCc2cccc(c2)CSC[C@@H](C(N)=O)NC(=O)CCCCNC(=O)[C@H](Cc2ccc(O)cc2)NC(=O)[C@H](Cc2cnc[nH]2)NC(=O)[C@H](CC(=O)O)NC(=O)[C@H](Cc2c[nH]c3ccc(F)cc23)NC(=O)[C@H](Cc2c[nH]c3ccc(F)cc23)NC(=O)CNC1=O. The topological polar surface area (TPSA) is 449 Å². The Labute approximate surface area is 581 Å². The predicted molar refractivity (Wildman–Crippen MR) is 369 cm³/mol. The van der Waals surface area contributed by atoms with E-state index >= 15 is 4.79 Å². The molecule has 3 aromatic heterocycles. The molecule has 7 atom stereocenters. The number of halogens is 2. The molecule has 0 saturated carbocycles. The number of thioether (sulfide) groups is 2. The van der Waals surface area contributed by atoms with Gasteiger partial charge in [-0.25, -0.2) is 13.8 Å². The number of carbonyl (C=O) groups is 11. The number of carboxylic acids is 1. The average molecular weight is 1420 g/mol. The van der Waals surface area contributed by atoms with Gasteiger partial charge in [0.2, 0.25) is 59.1 Å². The summed E-state index contributed by atoms with van der Waals surface area (Å²) in [6.07, 6.45) is 4.66. The first-order valence-electron chi connectivity index (χ1n) is 32.4. The number of aromatic amines is 3. The van der Waals surface area contributed by atoms with Gasteiger partial charge in [-0.05, 0) is 115 Å². The number of H-pyrrole nitrogens is 3. The van der Waals surface area contributed by atoms with Crippen LogP contribution in [0.3, 0.4) is 0 Å². The number of fused-ring (bicyclic) bond motifs is 4. The Morgan fingerprint density at radius 1 is 0.570 bits per heavy atom. The number of hydrogen-bond donors (Lipinski definition) is 16. The molecule has 4 aromatic carbocycles. The van der Waals surface area contributed by atoms with Crippen molar-refractivity contribution in [2.45, 2.75) is 131 Å². The fraction of sp³-hybridized carbons (Fsp3) is 0.382. The van der Waals surface area contributed by atoms with E-state index in [-0.39, 0.29) is 86.1 Å². The number of carboxylic acid groups (broad SMARTS) is 1. The van der Waals surface area contributed by atoms with E-state index in [1.807, 2.05) is 24.3 Å². The van der Waals surface area contributed by atoms with Crippen LogP contribution in [-0.2, 0) is 89.9 Å². The maximum Gasteiger partial charge on any atom is 0.305 e. The molecule has 1 aliphatic heterocycles. The number of phenolic OH excluding ortho intramolecular Hbond substituents is 1. The number of aromatic hydroxyl groups is 1. The van der Waals surface area contributed by atoms with Gasteiger partial charge in [-0.15, -0.1) is 0 Å². The van der Waals surface area contributed by atoms with Crippen LogP contribution >= 0.6 is 23.5 Å². The number of imidazole rings is 1. The lowest BCUT2D eigenvalue weighted by atomic mass is 10.0. The van der Waals surface area contributed by atoms with Crippen LogP contribution in [0.2, 0.25) is 0 Å². The summed E-state index contributed by atoms with van der Waals surface area (Å²) < 4.78 is 29.8. The van der Waals surface area contributed by atoms with Crippen LogP contribution in [0, 0.1) is 11.6 Å². The predicted octanol–water partition coefficient (Wildman–Crippen LogP) is 2.08. The first-order chi connectivity index (χ1) is 48.1. The lowest BCUT2D eigenvalue weighted by molar-refractivity contribution is -0.141. The Morgan fingerprint density at radius 2 is 1.13 bits per heavy atom. The number of unbranched alkanes of at least 4 members (excludes halogenated alkanes) is 1. The van der Waals surface area contributed by atoms with Gasteiger partial charge in [0.05, 0.1) is 19.3 Å². The fourth-order valence-corrected chi connectivity index (χ4v) is 13.0. The highest BCUT2D eigenvalue weighted by molar-refractivity contribution is 7.98. The number of nitrogens with two attached hydrogens (primary N) is 2. The zero-order valence-corrected chi connectivity index (χ0v) is 56.1. The van der Waals surface area contributed by atoms with Crippen LogP contribution < -0.4 is 59.3 Å². The molecule has 18 N–H and O–H groups in total. The van der Waals surface area contributed by atoms with Gasteiger partial charge in [0.25, 0.3) is 0 Å². The molecule has 32 heteroatoms. The van der Waals surface area contributed by atoms with Crippen molar-refractivity contribution in [2.75, 3.05) is 31.1 Å². The van der Waals surface area contributed by atoms with Gasteiger partial charge >= 0.3 is 5.97 Å². The Hall–Kier alpha value is -10.3. The molecule has 28 nitrogen and oxygen atoms in total. The van der Waals surface area contributed by atoms with Crippen LogP contribution in [0.4, 0.5) is 8.78 Å². The Balaban J connectivity index is 1.09. The molecule has 4 heterocycles. The molecule has 100 heavy (non-hydrogen) atoms. The highest BCUT2D eigenvalue weighted by Crippen LogP contribution is 2.25. The molecule has 0 saturated heterocycles. The van der Waals surface area contributed by atoms with Crippen LogP contribution in [0.15, 0.2) is 110 Å². The molecule has 0 fully saturated rings. The average Bonchev–Trinajstić information content (AvgIpc) is 1.65. The summed E-state index contributed by atoms with van der Waals surface area (Å²) in [5.41, 5.74) is 15.6. The standard InChI is InChI=1S/C68H81F2N15O13S2/c69-43-12-16-49-47(26-43)41(30-75-49)24-53-65(95)83-54(25-42-31-76-50-17-13-44(70)27-48(42)50)66(96)85-56(29-61(90)91)68(98)84-55(28-45-32-73-37-78-45)67(97)82-52(23-38-10-14-46(86)15-11-38)64(94)74-20-4-2-9-58(87)81-57(62(72)92)36-100-35-40-7-5-6-39(22-40)34-99-21-18-59(88)79-51(8-1-3-19-71)63(93)77-33-60(89)80-53/h5-7,10-17,22,26-27,30-32,37,51-57,75-76,86H,1-4,8-9,18-21,23-25,28-29,33-36,71H2,(H2,72,92)(H,73,78)(H,74,94)(H,77,93)(H,79,88)(H,80,89)(H,81,87)(H,82,97)(H,83,95)(H,84,98)(H,85,96)(H,90,91)/t51-,52-,53-,54-,55-,56-,57-/m0/s1. The van der Waals surface area contributed by atoms with Gasteiger partial charge in [-0.1, -0.05) is 36.4 Å². The summed E-state index contributed by atoms with van der Waals surface area (Å²) in [5, 5.41) is 44.5. The van der Waals surface area contributed by atoms with E-state index < -0.39 is 138 Å². The Bertz CT molecular complexity index is 4030. The number of amides is 10. The number of aromatic nitrogens is 4. The zero-order chi connectivity index (χ0) is 71.7. The lowest BCUT2D eigenvalue weighted by Gasteiger charge is -2.27. The molecule has 0 unspecified atom stereocenters. The molecule has 8 rings (SSSR count). The van der Waals surface area contributed by atoms with Crippen molar-refractivity contribution in [3.05, 3.63) is 155 Å². The normalized spacial score (nSPS) is 21.0. The molecule has 0 spiro atoms. The first kappa shape index (κ1) is 75.4. The van der Waals surface area contributed by atoms with Crippen LogP contribution in [0.5, 0.6) is 5.75 Å². The van der Waals surface area contributed by atoms with E-state index in [0.717, 1.165) is 11.1 Å². The Kier molecular flexibility index (Phi) is 28.3. The summed E-state index contributed by atoms with van der Waals surface area (Å²) in [6, 6.07) is 10.6. The minimum absolute atomic E-state index is 0.0101. The quantitative estimate of drug-likeness (QED) is 0.0653. The van der Waals surface area contributed by atoms with Gasteiger partial charge in [-0.3, -0.25) is 52.7 Å². The van der Waals surface area contributed by atoms with E-state index in [2.05, 4.69) is 67.8 Å². The maximum absolute atomic E-state index is 15.0. The third-order valence-corrected chi connectivity index (χ3v) is 18.5. The summed E-state index contributed by atoms with van der Waals surface area (Å²) >= 11 is 2.86. The third kappa shape index (κ3) is 23.4. The zero-order valence-electron chi connectivity index (χ0n) is 54.4. The van der Waals surface area contributed by atoms with Crippen molar-refractivity contribution >= 4 is 110 Å². The second kappa shape index (κ2) is 37.6. The fourth-order valence-electron chi connectivity index (χ4n) is 11.1. The number of rotatable bonds is 15. The molecule has 10 amide bonds. The second-order valence-electron chi connectivity index (χ2n) is 24.1. The van der Waals surface area contributed by atoms with Gasteiger partial charge in [0.15, 0.2) is 0 Å². The first-order valence-corrected chi connectivity index (χ1v) is 34.7. The van der Waals surface area contributed by atoms with Crippen LogP contribution in [-0.4, -0.2) is 169 Å². The number of carbonyl (C=O) groups excluding carboxylic acids is 10. The minimum Gasteiger partial charge on any atom is -0.508 e. The number of nitrogens with one attached hydrogen (secondary N) is 12. The van der Waals surface area contributed by atoms with Crippen molar-refractivity contribution in [1.29, 1.82) is 0 Å². The van der Waals surface area contributed by atoms with E-state index in [0.29, 0.717) is 64.2 Å². The van der Waals surface area contributed by atoms with Gasteiger partial charge in [-0.2, -0.15) is 23.5 Å². The summed E-state index contributed by atoms with van der Waals surface area (Å²) in [4.78, 5) is 166. The lowest BCUT2D eigenvalue weighted by Crippen LogP contribution is -2.60. The monoisotopic (exact) mass is 1420 g/mol. The largest absolute Gasteiger partial charge is 0.508 e. The van der Waals surface area contributed by atoms with Crippen molar-refractivity contribution in [3.8, 4) is 5.75 Å². The molecule has 2 bridgehead atoms. The van der Waals surface area contributed by atoms with Gasteiger partial charge in [0.1, 0.15) is 59.7 Å². The molecule has 0 aliphatic carbocycles. The smallest absolute Gasteiger partial charge is 0.305 e. The van der Waals surface area contributed by atoms with E-state index in [4.69, 9.17) is 11.5 Å². The highest BCUT2D eigenvalue weighted by atomic mass is 32.2. The molecule has 7 aromatic rings. The molecular weight excluding hydrogens is 1340 g/mol. The number of benzene rings is 4. The molecule has 532 valence electrons. The van der Waals surface area contributed by atoms with Crippen molar-refractivity contribution < 1.29 is 71.7 Å². The summed E-state index contributed by atoms with van der Waals surface area (Å²) in [6.45, 7) is -0.438. The number of aliphatic carboxylic acids is 1. The number of primary amides is 1.